The van der Waals surface area contributed by atoms with Crippen LogP contribution >= 0.6 is 58.4 Å². The lowest BCUT2D eigenvalue weighted by molar-refractivity contribution is -0.761. The van der Waals surface area contributed by atoms with Crippen LogP contribution in [0.15, 0.2) is 60.2 Å². The molecule has 2 fully saturated rings. The van der Waals surface area contributed by atoms with Gasteiger partial charge < -0.3 is 26.2 Å². The number of thiazole rings is 1. The molecular formula is C40H60Cl3N6OS2+. The molecule has 2 saturated carbocycles. The first-order valence-corrected chi connectivity index (χ1v) is 21.5. The van der Waals surface area contributed by atoms with E-state index in [4.69, 9.17) is 40.5 Å². The van der Waals surface area contributed by atoms with E-state index >= 15 is 0 Å². The number of carbonyl (C=O) groups is 1. The highest BCUT2D eigenvalue weighted by atomic mass is 35.5. The number of aromatic nitrogens is 1. The number of nitrogens with one attached hydrogen (secondary N) is 2. The normalized spacial score (nSPS) is 15.3. The number of nitrogens with zero attached hydrogens (tertiary/aromatic N) is 3. The highest BCUT2D eigenvalue weighted by Crippen LogP contribution is 2.45. The molecule has 0 spiro atoms. The minimum atomic E-state index is -0.313. The molecule has 1 heterocycles. The van der Waals surface area contributed by atoms with E-state index in [2.05, 4.69) is 88.8 Å². The van der Waals surface area contributed by atoms with Crippen LogP contribution < -0.4 is 20.9 Å². The van der Waals surface area contributed by atoms with Gasteiger partial charge in [0, 0.05) is 41.5 Å². The Morgan fingerprint density at radius 3 is 1.75 bits per heavy atom. The second-order valence-corrected chi connectivity index (χ2v) is 16.0. The fraction of sp³-hybridized carbons (Fsp3) is 0.575. The number of ketones is 1. The summed E-state index contributed by atoms with van der Waals surface area (Å²) in [4.78, 5) is 16.7. The fourth-order valence-corrected chi connectivity index (χ4v) is 8.30. The van der Waals surface area contributed by atoms with Crippen molar-refractivity contribution in [3.8, 4) is 0 Å². The van der Waals surface area contributed by atoms with E-state index in [0.29, 0.717) is 10.1 Å². The van der Waals surface area contributed by atoms with Gasteiger partial charge in [0.15, 0.2) is 21.4 Å². The molecule has 0 atom stereocenters. The summed E-state index contributed by atoms with van der Waals surface area (Å²) in [6.07, 6.45) is 11.2. The number of thiocarbonyl (C=S) groups is 1. The average Bonchev–Trinajstić information content (AvgIpc) is 3.58. The zero-order valence-corrected chi connectivity index (χ0v) is 35.5. The third-order valence-electron chi connectivity index (χ3n) is 10.6. The van der Waals surface area contributed by atoms with Crippen LogP contribution in [0.25, 0.3) is 0 Å². The number of hydrogen-bond donors (Lipinski definition) is 3. The number of hydrogen-bond acceptors (Lipinski definition) is 6. The third kappa shape index (κ3) is 12.8. The second-order valence-electron chi connectivity index (χ2n) is 13.5. The zero-order chi connectivity index (χ0) is 38.0. The minimum Gasteiger partial charge on any atom is -0.376 e. The smallest absolute Gasteiger partial charge is 0.227 e. The van der Waals surface area contributed by atoms with Crippen LogP contribution in [-0.4, -0.2) is 78.9 Å². The number of benzene rings is 2. The standard InChI is InChI=1S/C20H29ClN3S.C12H12Cl2O.C8H19N3S/c1-3-23(4-2)14-6-13-22-19-15-24(16-25-19)20(11-5-12-20)17-7-9-18(21)10-8-17;13-8-11(15)12(6-1-7-12)9-2-4-10(14)5-3-9;1-3-11(4-2)7-5-6-10-8(9)12/h7-10,15-16,22H,3-6,11-14H2,1-2H3;2-5H,1,6-8H2;3-7H2,1-2H3,(H3,9,10,12)/q+1;;. The van der Waals surface area contributed by atoms with Crippen LogP contribution in [0.1, 0.15) is 90.2 Å². The van der Waals surface area contributed by atoms with Gasteiger partial charge in [0.05, 0.1) is 11.3 Å². The van der Waals surface area contributed by atoms with Gasteiger partial charge in [-0.1, -0.05) is 92.9 Å². The summed E-state index contributed by atoms with van der Waals surface area (Å²) in [5, 5.41) is 9.70. The van der Waals surface area contributed by atoms with E-state index in [1.165, 1.54) is 42.8 Å². The maximum atomic E-state index is 11.8. The number of nitrogens with two attached hydrogens (primary N) is 1. The summed E-state index contributed by atoms with van der Waals surface area (Å²) in [7, 11) is 0. The SMILES string of the molecule is CCN(CC)CCCNC(N)=S.CCN(CC)CCCNc1c[n+](C2(c3ccc(Cl)cc3)CCC2)cs1.O=C(CCl)C1(c2ccc(Cl)cc2)CCC1. The first-order chi connectivity index (χ1) is 25.1. The lowest BCUT2D eigenvalue weighted by Gasteiger charge is -2.40. The molecule has 1 aromatic heterocycles. The van der Waals surface area contributed by atoms with Crippen LogP contribution in [0.4, 0.5) is 5.00 Å². The van der Waals surface area contributed by atoms with E-state index in [0.717, 1.165) is 82.1 Å². The van der Waals surface area contributed by atoms with Gasteiger partial charge in [0.2, 0.25) is 11.7 Å². The van der Waals surface area contributed by atoms with Crippen molar-refractivity contribution in [2.24, 2.45) is 5.73 Å². The van der Waals surface area contributed by atoms with Crippen LogP contribution in [0.2, 0.25) is 10.0 Å². The molecule has 7 nitrogen and oxygen atoms in total. The van der Waals surface area contributed by atoms with E-state index in [1.807, 2.05) is 36.4 Å². The van der Waals surface area contributed by atoms with Crippen molar-refractivity contribution in [1.82, 2.24) is 15.1 Å². The molecule has 4 N–H and O–H groups in total. The second kappa shape index (κ2) is 23.1. The average molecular weight is 811 g/mol. The predicted octanol–water partition coefficient (Wildman–Crippen LogP) is 8.88. The highest BCUT2D eigenvalue weighted by molar-refractivity contribution is 7.80. The van der Waals surface area contributed by atoms with Gasteiger partial charge in [0.1, 0.15) is 0 Å². The van der Waals surface area contributed by atoms with Crippen LogP contribution in [0.3, 0.4) is 0 Å². The van der Waals surface area contributed by atoms with Crippen molar-refractivity contribution in [3.05, 3.63) is 81.4 Å². The number of Topliss-reactive ketones (excluding diaryl/α,β-unsaturated/α-hetero) is 1. The Morgan fingerprint density at radius 1 is 0.827 bits per heavy atom. The molecule has 0 radical (unpaired) electrons. The lowest BCUT2D eigenvalue weighted by atomic mass is 9.62. The van der Waals surface area contributed by atoms with Crippen LogP contribution in [0, 0.1) is 0 Å². The van der Waals surface area contributed by atoms with Gasteiger partial charge in [-0.3, -0.25) is 4.79 Å². The Bertz CT molecular complexity index is 1470. The number of carbonyl (C=O) groups excluding carboxylic acids is 1. The van der Waals surface area contributed by atoms with E-state index in [-0.39, 0.29) is 22.6 Å². The molecule has 0 aliphatic heterocycles. The summed E-state index contributed by atoms with van der Waals surface area (Å²) in [6, 6.07) is 15.9. The van der Waals surface area contributed by atoms with Crippen molar-refractivity contribution in [3.63, 3.8) is 0 Å². The van der Waals surface area contributed by atoms with E-state index in [1.54, 1.807) is 11.3 Å². The summed E-state index contributed by atoms with van der Waals surface area (Å²) in [5.41, 5.74) is 9.79. The van der Waals surface area contributed by atoms with Crippen molar-refractivity contribution in [2.75, 3.05) is 63.6 Å². The summed E-state index contributed by atoms with van der Waals surface area (Å²) in [5.74, 6) is 0.237. The molecule has 5 rings (SSSR count). The van der Waals surface area contributed by atoms with Crippen molar-refractivity contribution < 1.29 is 9.36 Å². The minimum absolute atomic E-state index is 0.0998. The first kappa shape index (κ1) is 44.4. The van der Waals surface area contributed by atoms with Gasteiger partial charge >= 0.3 is 0 Å². The lowest BCUT2D eigenvalue weighted by Crippen LogP contribution is -2.59. The Morgan fingerprint density at radius 2 is 1.33 bits per heavy atom. The highest BCUT2D eigenvalue weighted by Gasteiger charge is 2.48. The summed E-state index contributed by atoms with van der Waals surface area (Å²) >= 11 is 24.0. The monoisotopic (exact) mass is 809 g/mol. The fourth-order valence-electron chi connectivity index (χ4n) is 6.84. The van der Waals surface area contributed by atoms with Gasteiger partial charge in [-0.25, -0.2) is 0 Å². The zero-order valence-electron chi connectivity index (χ0n) is 31.6. The van der Waals surface area contributed by atoms with Crippen LogP contribution in [0.5, 0.6) is 0 Å². The maximum Gasteiger partial charge on any atom is 0.227 e. The Hall–Kier alpha value is -1.98. The van der Waals surface area contributed by atoms with E-state index < -0.39 is 0 Å². The Kier molecular flexibility index (Phi) is 19.7. The van der Waals surface area contributed by atoms with E-state index in [9.17, 15) is 4.79 Å². The molecule has 0 bridgehead atoms. The Labute approximate surface area is 337 Å². The molecule has 2 aliphatic carbocycles. The van der Waals surface area contributed by atoms with Crippen molar-refractivity contribution in [1.29, 1.82) is 0 Å². The molecule has 12 heteroatoms. The molecule has 288 valence electrons. The molecular weight excluding hydrogens is 751 g/mol. The van der Waals surface area contributed by atoms with Gasteiger partial charge in [-0.2, -0.15) is 4.57 Å². The van der Waals surface area contributed by atoms with Crippen molar-refractivity contribution in [2.45, 2.75) is 90.0 Å². The van der Waals surface area contributed by atoms with Crippen molar-refractivity contribution >= 4 is 74.3 Å². The number of alkyl halides is 1. The van der Waals surface area contributed by atoms with Gasteiger partial charge in [0.25, 0.3) is 0 Å². The largest absolute Gasteiger partial charge is 0.376 e. The summed E-state index contributed by atoms with van der Waals surface area (Å²) in [6.45, 7) is 17.5. The molecule has 52 heavy (non-hydrogen) atoms. The maximum absolute atomic E-state index is 11.8. The predicted molar refractivity (Wildman–Crippen MR) is 228 cm³/mol. The number of rotatable bonds is 18. The molecule has 0 saturated heterocycles. The molecule has 0 unspecified atom stereocenters. The molecule has 2 aliphatic rings. The Balaban J connectivity index is 0.000000231. The summed E-state index contributed by atoms with van der Waals surface area (Å²) < 4.78 is 2.41. The van der Waals surface area contributed by atoms with Gasteiger partial charge in [-0.05, 0) is 113 Å². The third-order valence-corrected chi connectivity index (χ3v) is 12.3. The molecule has 0 amide bonds. The molecule has 2 aromatic carbocycles. The number of anilines is 1. The quantitative estimate of drug-likeness (QED) is 0.0513. The number of halogens is 3. The van der Waals surface area contributed by atoms with Crippen LogP contribution in [-0.2, 0) is 15.7 Å². The molecule has 3 aromatic rings. The topological polar surface area (TPSA) is 77.5 Å². The first-order valence-electron chi connectivity index (χ1n) is 18.9. The van der Waals surface area contributed by atoms with Gasteiger partial charge in [-0.15, -0.1) is 11.6 Å².